The van der Waals surface area contributed by atoms with Crippen molar-refractivity contribution in [2.24, 2.45) is 5.92 Å². The lowest BCUT2D eigenvalue weighted by Crippen LogP contribution is -2.58. The van der Waals surface area contributed by atoms with Crippen LogP contribution in [-0.4, -0.2) is 35.0 Å². The fraction of sp³-hybridized carbons (Fsp3) is 0.917. The third-order valence-electron chi connectivity index (χ3n) is 3.00. The van der Waals surface area contributed by atoms with Crippen molar-refractivity contribution < 1.29 is 4.74 Å². The summed E-state index contributed by atoms with van der Waals surface area (Å²) in [6, 6.07) is 0. The molecule has 0 aromatic carbocycles. The van der Waals surface area contributed by atoms with Gasteiger partial charge in [0.05, 0.1) is 17.0 Å². The second-order valence-corrected chi connectivity index (χ2v) is 6.14. The molecular formula is C12H22N2O. The van der Waals surface area contributed by atoms with E-state index in [9.17, 15) is 0 Å². The second-order valence-electron chi connectivity index (χ2n) is 6.14. The normalized spacial score (nSPS) is 28.9. The molecule has 0 unspecified atom stereocenters. The third kappa shape index (κ3) is 2.51. The smallest absolute Gasteiger partial charge is 0.0991 e. The predicted molar refractivity (Wildman–Crippen MR) is 61.3 cm³/mol. The maximum atomic E-state index is 8.12. The molecule has 3 heteroatoms. The summed E-state index contributed by atoms with van der Waals surface area (Å²) in [5.74, 6) is 1.37. The molecule has 1 aliphatic heterocycles. The Morgan fingerprint density at radius 1 is 1.13 bits per heavy atom. The molecule has 2 fully saturated rings. The number of nitrogens with zero attached hydrogens (tertiary/aromatic N) is 1. The van der Waals surface area contributed by atoms with Gasteiger partial charge in [-0.15, -0.1) is 0 Å². The molecule has 86 valence electrons. The first kappa shape index (κ1) is 10.9. The minimum atomic E-state index is -0.136. The topological polar surface area (TPSA) is 36.3 Å². The number of morpholine rings is 1. The van der Waals surface area contributed by atoms with Crippen molar-refractivity contribution in [3.63, 3.8) is 0 Å². The van der Waals surface area contributed by atoms with Crippen molar-refractivity contribution in [2.45, 2.75) is 51.7 Å². The SMILES string of the molecule is CC1(C)CN(C(=N)C2CC2)CC(C)(C)O1. The highest BCUT2D eigenvalue weighted by atomic mass is 16.5. The molecular weight excluding hydrogens is 188 g/mol. The molecule has 0 spiro atoms. The van der Waals surface area contributed by atoms with Crippen LogP contribution in [0.4, 0.5) is 0 Å². The minimum absolute atomic E-state index is 0.136. The maximum Gasteiger partial charge on any atom is 0.0991 e. The van der Waals surface area contributed by atoms with E-state index in [4.69, 9.17) is 10.1 Å². The Bertz CT molecular complexity index is 263. The van der Waals surface area contributed by atoms with Crippen LogP contribution in [-0.2, 0) is 4.74 Å². The third-order valence-corrected chi connectivity index (χ3v) is 3.00. The van der Waals surface area contributed by atoms with Crippen molar-refractivity contribution >= 4 is 5.84 Å². The number of ether oxygens (including phenoxy) is 1. The fourth-order valence-corrected chi connectivity index (χ4v) is 2.57. The average molecular weight is 210 g/mol. The maximum absolute atomic E-state index is 8.12. The summed E-state index contributed by atoms with van der Waals surface area (Å²) in [6.07, 6.45) is 2.41. The summed E-state index contributed by atoms with van der Waals surface area (Å²) in [6.45, 7) is 10.2. The molecule has 0 bridgehead atoms. The van der Waals surface area contributed by atoms with E-state index < -0.39 is 0 Å². The van der Waals surface area contributed by atoms with Crippen LogP contribution in [0.5, 0.6) is 0 Å². The molecule has 1 N–H and O–H groups in total. The lowest BCUT2D eigenvalue weighted by Gasteiger charge is -2.48. The first-order valence-electron chi connectivity index (χ1n) is 5.83. The van der Waals surface area contributed by atoms with E-state index in [0.29, 0.717) is 5.92 Å². The van der Waals surface area contributed by atoms with Crippen molar-refractivity contribution in [3.8, 4) is 0 Å². The molecule has 1 saturated carbocycles. The van der Waals surface area contributed by atoms with Gasteiger partial charge in [0.25, 0.3) is 0 Å². The predicted octanol–water partition coefficient (Wildman–Crippen LogP) is 2.26. The highest BCUT2D eigenvalue weighted by Gasteiger charge is 2.41. The van der Waals surface area contributed by atoms with E-state index in [1.807, 2.05) is 0 Å². The Balaban J connectivity index is 2.08. The largest absolute Gasteiger partial charge is 0.366 e. The Hall–Kier alpha value is -0.570. The molecule has 3 nitrogen and oxygen atoms in total. The Morgan fingerprint density at radius 3 is 2.00 bits per heavy atom. The molecule has 0 radical (unpaired) electrons. The van der Waals surface area contributed by atoms with E-state index in [2.05, 4.69) is 32.6 Å². The van der Waals surface area contributed by atoms with Crippen LogP contribution in [0.2, 0.25) is 0 Å². The van der Waals surface area contributed by atoms with Crippen LogP contribution in [0.1, 0.15) is 40.5 Å². The van der Waals surface area contributed by atoms with Gasteiger partial charge in [0.15, 0.2) is 0 Å². The van der Waals surface area contributed by atoms with Gasteiger partial charge < -0.3 is 9.64 Å². The number of hydrogen-bond acceptors (Lipinski definition) is 2. The van der Waals surface area contributed by atoms with Crippen molar-refractivity contribution in [3.05, 3.63) is 0 Å². The zero-order valence-corrected chi connectivity index (χ0v) is 10.3. The number of amidine groups is 1. The Kier molecular flexibility index (Phi) is 2.34. The Morgan fingerprint density at radius 2 is 1.60 bits per heavy atom. The molecule has 0 aromatic heterocycles. The van der Waals surface area contributed by atoms with Gasteiger partial charge in [0.1, 0.15) is 0 Å². The molecule has 1 saturated heterocycles. The van der Waals surface area contributed by atoms with Gasteiger partial charge in [-0.3, -0.25) is 5.41 Å². The minimum Gasteiger partial charge on any atom is -0.366 e. The van der Waals surface area contributed by atoms with Gasteiger partial charge in [0, 0.05) is 19.0 Å². The van der Waals surface area contributed by atoms with Crippen molar-refractivity contribution in [1.29, 1.82) is 5.41 Å². The first-order chi connectivity index (χ1) is 6.79. The van der Waals surface area contributed by atoms with Crippen LogP contribution < -0.4 is 0 Å². The standard InChI is InChI=1S/C12H22N2O/c1-11(2)7-14(8-12(3,4)15-11)10(13)9-5-6-9/h9,13H,5-8H2,1-4H3. The summed E-state index contributed by atoms with van der Waals surface area (Å²) in [5.41, 5.74) is -0.272. The molecule has 2 aliphatic rings. The number of nitrogens with one attached hydrogen (secondary N) is 1. The average Bonchev–Trinajstić information content (AvgIpc) is 2.78. The molecule has 15 heavy (non-hydrogen) atoms. The lowest BCUT2D eigenvalue weighted by molar-refractivity contribution is -0.167. The van der Waals surface area contributed by atoms with E-state index >= 15 is 0 Å². The summed E-state index contributed by atoms with van der Waals surface area (Å²) < 4.78 is 6.00. The number of rotatable bonds is 1. The van der Waals surface area contributed by atoms with Gasteiger partial charge in [-0.2, -0.15) is 0 Å². The molecule has 0 amide bonds. The van der Waals surface area contributed by atoms with Crippen LogP contribution in [0.15, 0.2) is 0 Å². The lowest BCUT2D eigenvalue weighted by atomic mass is 9.98. The van der Waals surface area contributed by atoms with Crippen LogP contribution >= 0.6 is 0 Å². The van der Waals surface area contributed by atoms with E-state index in [1.54, 1.807) is 0 Å². The monoisotopic (exact) mass is 210 g/mol. The quantitative estimate of drug-likeness (QED) is 0.532. The van der Waals surface area contributed by atoms with Crippen LogP contribution in [0.25, 0.3) is 0 Å². The first-order valence-corrected chi connectivity index (χ1v) is 5.83. The second kappa shape index (κ2) is 3.21. The van der Waals surface area contributed by atoms with E-state index in [0.717, 1.165) is 18.9 Å². The molecule has 1 heterocycles. The summed E-state index contributed by atoms with van der Waals surface area (Å²) in [5, 5.41) is 8.12. The number of hydrogen-bond donors (Lipinski definition) is 1. The fourth-order valence-electron chi connectivity index (χ4n) is 2.57. The van der Waals surface area contributed by atoms with E-state index in [1.165, 1.54) is 12.8 Å². The van der Waals surface area contributed by atoms with Gasteiger partial charge in [-0.25, -0.2) is 0 Å². The van der Waals surface area contributed by atoms with Crippen molar-refractivity contribution in [1.82, 2.24) is 4.90 Å². The van der Waals surface area contributed by atoms with Gasteiger partial charge in [-0.1, -0.05) is 0 Å². The van der Waals surface area contributed by atoms with Crippen LogP contribution in [0, 0.1) is 11.3 Å². The van der Waals surface area contributed by atoms with Crippen LogP contribution in [0.3, 0.4) is 0 Å². The van der Waals surface area contributed by atoms with Gasteiger partial charge in [0.2, 0.25) is 0 Å². The zero-order chi connectivity index (χ0) is 11.3. The summed E-state index contributed by atoms with van der Waals surface area (Å²) >= 11 is 0. The molecule has 2 rings (SSSR count). The molecule has 0 aromatic rings. The van der Waals surface area contributed by atoms with Crippen molar-refractivity contribution in [2.75, 3.05) is 13.1 Å². The Labute approximate surface area is 92.3 Å². The summed E-state index contributed by atoms with van der Waals surface area (Å²) in [7, 11) is 0. The highest BCUT2D eigenvalue weighted by Crippen LogP contribution is 2.35. The molecule has 1 aliphatic carbocycles. The van der Waals surface area contributed by atoms with Gasteiger partial charge in [-0.05, 0) is 40.5 Å². The summed E-state index contributed by atoms with van der Waals surface area (Å²) in [4.78, 5) is 2.21. The highest BCUT2D eigenvalue weighted by molar-refractivity contribution is 5.84. The van der Waals surface area contributed by atoms with E-state index in [-0.39, 0.29) is 11.2 Å². The molecule has 0 atom stereocenters. The zero-order valence-electron chi connectivity index (χ0n) is 10.3. The van der Waals surface area contributed by atoms with Gasteiger partial charge >= 0.3 is 0 Å².